The van der Waals surface area contributed by atoms with Crippen molar-refractivity contribution in [3.05, 3.63) is 53.9 Å². The highest BCUT2D eigenvalue weighted by molar-refractivity contribution is 5.93. The van der Waals surface area contributed by atoms with Crippen LogP contribution in [-0.4, -0.2) is 53.0 Å². The van der Waals surface area contributed by atoms with Crippen molar-refractivity contribution < 1.29 is 9.59 Å². The van der Waals surface area contributed by atoms with Crippen LogP contribution in [0.25, 0.3) is 0 Å². The molecule has 1 saturated heterocycles. The third-order valence-corrected chi connectivity index (χ3v) is 6.28. The smallest absolute Gasteiger partial charge is 0.322 e. The first-order chi connectivity index (χ1) is 15.0. The molecule has 166 valence electrons. The maximum Gasteiger partial charge on any atom is 0.322 e. The molecule has 4 rings (SSSR count). The SMILES string of the molecule is CC(C)NC(=O)N1CC2CCC(CNC(=O)CCc3ccc[nH]3)N2Cc2ccccc21. The van der Waals surface area contributed by atoms with Crippen molar-refractivity contribution in [3.8, 4) is 0 Å². The van der Waals surface area contributed by atoms with Crippen molar-refractivity contribution in [1.29, 1.82) is 0 Å². The van der Waals surface area contributed by atoms with Gasteiger partial charge in [-0.25, -0.2) is 4.79 Å². The van der Waals surface area contributed by atoms with Gasteiger partial charge in [0.25, 0.3) is 0 Å². The van der Waals surface area contributed by atoms with E-state index < -0.39 is 0 Å². The molecule has 7 nitrogen and oxygen atoms in total. The number of nitrogens with zero attached hydrogens (tertiary/aromatic N) is 2. The lowest BCUT2D eigenvalue weighted by molar-refractivity contribution is -0.121. The van der Waals surface area contributed by atoms with Crippen LogP contribution in [0.15, 0.2) is 42.6 Å². The lowest BCUT2D eigenvalue weighted by Gasteiger charge is -2.30. The summed E-state index contributed by atoms with van der Waals surface area (Å²) in [6, 6.07) is 12.8. The number of benzene rings is 1. The number of carbonyl (C=O) groups excluding carboxylic acids is 2. The maximum atomic E-state index is 12.9. The third-order valence-electron chi connectivity index (χ3n) is 6.28. The van der Waals surface area contributed by atoms with E-state index in [4.69, 9.17) is 0 Å². The second-order valence-corrected chi connectivity index (χ2v) is 8.90. The zero-order valence-corrected chi connectivity index (χ0v) is 18.4. The summed E-state index contributed by atoms with van der Waals surface area (Å²) in [4.78, 5) is 32.8. The van der Waals surface area contributed by atoms with Gasteiger partial charge in [-0.15, -0.1) is 0 Å². The number of hydrogen-bond acceptors (Lipinski definition) is 3. The monoisotopic (exact) mass is 423 g/mol. The molecule has 0 bridgehead atoms. The standard InChI is InChI=1S/C24H33N5O2/c1-17(2)27-24(31)29-16-21-11-10-20(28(21)15-18-6-3-4-8-22(18)29)14-26-23(30)12-9-19-7-5-13-25-19/h3-8,13,17,20-21,25H,9-12,14-16H2,1-2H3,(H,26,30)(H,27,31). The normalized spacial score (nSPS) is 20.8. The Morgan fingerprint density at radius 2 is 2.00 bits per heavy atom. The van der Waals surface area contributed by atoms with E-state index in [-0.39, 0.29) is 18.0 Å². The van der Waals surface area contributed by atoms with Crippen LogP contribution in [0.5, 0.6) is 0 Å². The number of aromatic nitrogens is 1. The third kappa shape index (κ3) is 5.10. The van der Waals surface area contributed by atoms with E-state index in [0.717, 1.165) is 42.8 Å². The Morgan fingerprint density at radius 3 is 2.77 bits per heavy atom. The van der Waals surface area contributed by atoms with E-state index in [0.29, 0.717) is 31.6 Å². The Hall–Kier alpha value is -2.80. The summed E-state index contributed by atoms with van der Waals surface area (Å²) in [6.45, 7) is 6.10. The average molecular weight is 424 g/mol. The number of carbonyl (C=O) groups is 2. The predicted octanol–water partition coefficient (Wildman–Crippen LogP) is 3.03. The van der Waals surface area contributed by atoms with Crippen molar-refractivity contribution in [2.24, 2.45) is 0 Å². The fourth-order valence-electron chi connectivity index (χ4n) is 4.71. The number of rotatable bonds is 6. The van der Waals surface area contributed by atoms with Gasteiger partial charge in [-0.3, -0.25) is 14.6 Å². The van der Waals surface area contributed by atoms with E-state index in [1.165, 1.54) is 0 Å². The first kappa shape index (κ1) is 21.4. The highest BCUT2D eigenvalue weighted by Gasteiger charge is 2.38. The first-order valence-corrected chi connectivity index (χ1v) is 11.3. The molecule has 3 N–H and O–H groups in total. The molecular weight excluding hydrogens is 390 g/mol. The molecule has 0 aliphatic carbocycles. The summed E-state index contributed by atoms with van der Waals surface area (Å²) >= 11 is 0. The van der Waals surface area contributed by atoms with Crippen molar-refractivity contribution >= 4 is 17.6 Å². The van der Waals surface area contributed by atoms with Crippen LogP contribution < -0.4 is 15.5 Å². The molecular formula is C24H33N5O2. The number of urea groups is 1. The predicted molar refractivity (Wildman–Crippen MR) is 122 cm³/mol. The number of aromatic amines is 1. The number of fused-ring (bicyclic) bond motifs is 2. The van der Waals surface area contributed by atoms with Crippen LogP contribution >= 0.6 is 0 Å². The van der Waals surface area contributed by atoms with Gasteiger partial charge < -0.3 is 15.6 Å². The number of hydrogen-bond donors (Lipinski definition) is 3. The Morgan fingerprint density at radius 1 is 1.16 bits per heavy atom. The second kappa shape index (κ2) is 9.56. The Balaban J connectivity index is 1.40. The van der Waals surface area contributed by atoms with Gasteiger partial charge in [-0.1, -0.05) is 18.2 Å². The van der Waals surface area contributed by atoms with Crippen molar-refractivity contribution in [1.82, 2.24) is 20.5 Å². The minimum Gasteiger partial charge on any atom is -0.365 e. The van der Waals surface area contributed by atoms with Gasteiger partial charge in [0, 0.05) is 61.8 Å². The molecule has 2 aromatic rings. The van der Waals surface area contributed by atoms with E-state index in [2.05, 4.69) is 26.6 Å². The molecule has 1 aromatic carbocycles. The van der Waals surface area contributed by atoms with Crippen LogP contribution in [0.1, 0.15) is 44.4 Å². The zero-order valence-electron chi connectivity index (χ0n) is 18.4. The van der Waals surface area contributed by atoms with Gasteiger partial charge in [0.05, 0.1) is 0 Å². The van der Waals surface area contributed by atoms with Crippen molar-refractivity contribution in [2.45, 2.75) is 64.2 Å². The largest absolute Gasteiger partial charge is 0.365 e. The van der Waals surface area contributed by atoms with Gasteiger partial charge in [0.2, 0.25) is 5.91 Å². The molecule has 1 fully saturated rings. The highest BCUT2D eigenvalue weighted by Crippen LogP contribution is 2.34. The molecule has 31 heavy (non-hydrogen) atoms. The van der Waals surface area contributed by atoms with E-state index >= 15 is 0 Å². The van der Waals surface area contributed by atoms with Crippen molar-refractivity contribution in [3.63, 3.8) is 0 Å². The van der Waals surface area contributed by atoms with Gasteiger partial charge >= 0.3 is 6.03 Å². The van der Waals surface area contributed by atoms with Crippen molar-refractivity contribution in [2.75, 3.05) is 18.0 Å². The van der Waals surface area contributed by atoms with Crippen LogP contribution in [0.4, 0.5) is 10.5 Å². The number of H-pyrrole nitrogens is 1. The average Bonchev–Trinajstić information content (AvgIpc) is 3.36. The molecule has 2 aliphatic rings. The Labute approximate surface area is 184 Å². The fraction of sp³-hybridized carbons (Fsp3) is 0.500. The molecule has 2 atom stereocenters. The molecule has 0 spiro atoms. The summed E-state index contributed by atoms with van der Waals surface area (Å²) in [5.74, 6) is 0.0891. The Bertz CT molecular complexity index is 895. The first-order valence-electron chi connectivity index (χ1n) is 11.3. The molecule has 2 unspecified atom stereocenters. The van der Waals surface area contributed by atoms with E-state index in [1.807, 2.05) is 55.3 Å². The molecule has 2 aliphatic heterocycles. The highest BCUT2D eigenvalue weighted by atomic mass is 16.2. The molecule has 0 saturated carbocycles. The summed E-state index contributed by atoms with van der Waals surface area (Å²) in [5, 5.41) is 6.18. The molecule has 3 heterocycles. The number of aryl methyl sites for hydroxylation is 1. The molecule has 7 heteroatoms. The summed E-state index contributed by atoms with van der Waals surface area (Å²) in [7, 11) is 0. The van der Waals surface area contributed by atoms with Crippen LogP contribution in [0.3, 0.4) is 0 Å². The second-order valence-electron chi connectivity index (χ2n) is 8.90. The minimum atomic E-state index is -0.0367. The Kier molecular flexibility index (Phi) is 6.61. The number of anilines is 1. The summed E-state index contributed by atoms with van der Waals surface area (Å²) < 4.78 is 0. The zero-order chi connectivity index (χ0) is 21.8. The van der Waals surface area contributed by atoms with Gasteiger partial charge in [0.15, 0.2) is 0 Å². The lowest BCUT2D eigenvalue weighted by Crippen LogP contribution is -2.49. The van der Waals surface area contributed by atoms with Gasteiger partial charge in [0.1, 0.15) is 0 Å². The quantitative estimate of drug-likeness (QED) is 0.668. The summed E-state index contributed by atoms with van der Waals surface area (Å²) in [5.41, 5.74) is 3.23. The van der Waals surface area contributed by atoms with Crippen LogP contribution in [0.2, 0.25) is 0 Å². The molecule has 1 aromatic heterocycles. The fourth-order valence-corrected chi connectivity index (χ4v) is 4.71. The van der Waals surface area contributed by atoms with Gasteiger partial charge in [-0.05, 0) is 56.9 Å². The number of para-hydroxylation sites is 1. The maximum absolute atomic E-state index is 12.9. The van der Waals surface area contributed by atoms with Crippen LogP contribution in [-0.2, 0) is 17.8 Å². The minimum absolute atomic E-state index is 0.0367. The van der Waals surface area contributed by atoms with Crippen LogP contribution in [0, 0.1) is 0 Å². The lowest BCUT2D eigenvalue weighted by atomic mass is 10.1. The molecule has 3 amide bonds. The van der Waals surface area contributed by atoms with Gasteiger partial charge in [-0.2, -0.15) is 0 Å². The number of nitrogens with one attached hydrogen (secondary N) is 3. The topological polar surface area (TPSA) is 80.5 Å². The summed E-state index contributed by atoms with van der Waals surface area (Å²) in [6.07, 6.45) is 5.16. The van der Waals surface area contributed by atoms with E-state index in [9.17, 15) is 9.59 Å². The number of amides is 3. The van der Waals surface area contributed by atoms with E-state index in [1.54, 1.807) is 0 Å². The molecule has 0 radical (unpaired) electrons.